The Morgan fingerprint density at radius 3 is 2.58 bits per heavy atom. The van der Waals surface area contributed by atoms with Gasteiger partial charge in [0.1, 0.15) is 0 Å². The normalized spacial score (nSPS) is 25.8. The highest BCUT2D eigenvalue weighted by Crippen LogP contribution is 2.18. The lowest BCUT2D eigenvalue weighted by molar-refractivity contribution is -0.271. The molecule has 72 valence electrons. The number of rotatable bonds is 1. The van der Waals surface area contributed by atoms with E-state index >= 15 is 0 Å². The average molecular weight is 175 g/mol. The molecule has 0 unspecified atom stereocenters. The maximum atomic E-state index is 9.59. The summed E-state index contributed by atoms with van der Waals surface area (Å²) in [5.41, 5.74) is 0. The van der Waals surface area contributed by atoms with Crippen LogP contribution in [0, 0.1) is 0 Å². The lowest BCUT2D eigenvalue weighted by Crippen LogP contribution is -2.52. The van der Waals surface area contributed by atoms with Crippen molar-refractivity contribution >= 4 is 0 Å². The maximum absolute atomic E-state index is 9.59. The molecule has 4 heteroatoms. The molecule has 1 saturated heterocycles. The van der Waals surface area contributed by atoms with Gasteiger partial charge in [-0.3, -0.25) is 0 Å². The van der Waals surface area contributed by atoms with Gasteiger partial charge in [-0.2, -0.15) is 0 Å². The summed E-state index contributed by atoms with van der Waals surface area (Å²) in [6.45, 7) is 5.43. The van der Waals surface area contributed by atoms with Gasteiger partial charge < -0.3 is 14.9 Å². The van der Waals surface area contributed by atoms with Crippen LogP contribution in [0.3, 0.4) is 0 Å². The standard InChI is InChI=1S/C8H17NO3/c1-7(2)9-4-6-12-5-3-8(9,10)11/h7,10-11H,3-6H2,1-2H3. The minimum absolute atomic E-state index is 0.127. The fourth-order valence-electron chi connectivity index (χ4n) is 1.47. The second-order valence-electron chi connectivity index (χ2n) is 3.42. The highest BCUT2D eigenvalue weighted by atomic mass is 16.5. The van der Waals surface area contributed by atoms with Crippen LogP contribution in [-0.4, -0.2) is 46.8 Å². The SMILES string of the molecule is CC(C)N1CCOCCC1(O)O. The Hall–Kier alpha value is -0.160. The smallest absolute Gasteiger partial charge is 0.227 e. The molecule has 1 aliphatic rings. The molecule has 0 aromatic rings. The molecule has 0 atom stereocenters. The molecule has 1 rings (SSSR count). The van der Waals surface area contributed by atoms with E-state index in [9.17, 15) is 10.2 Å². The topological polar surface area (TPSA) is 52.9 Å². The maximum Gasteiger partial charge on any atom is 0.227 e. The van der Waals surface area contributed by atoms with Crippen molar-refractivity contribution in [3.05, 3.63) is 0 Å². The van der Waals surface area contributed by atoms with Crippen molar-refractivity contribution in [1.82, 2.24) is 4.90 Å². The number of ether oxygens (including phenoxy) is 1. The summed E-state index contributed by atoms with van der Waals surface area (Å²) in [4.78, 5) is 1.64. The Kier molecular flexibility index (Phi) is 3.06. The minimum atomic E-state index is -1.69. The molecule has 1 aliphatic heterocycles. The van der Waals surface area contributed by atoms with E-state index < -0.39 is 5.91 Å². The van der Waals surface area contributed by atoms with Crippen molar-refractivity contribution in [2.45, 2.75) is 32.2 Å². The number of hydrogen-bond acceptors (Lipinski definition) is 4. The van der Waals surface area contributed by atoms with E-state index in [1.54, 1.807) is 4.90 Å². The van der Waals surface area contributed by atoms with Crippen molar-refractivity contribution in [2.24, 2.45) is 0 Å². The van der Waals surface area contributed by atoms with E-state index in [1.807, 2.05) is 13.8 Å². The first-order valence-electron chi connectivity index (χ1n) is 4.33. The Balaban J connectivity index is 2.65. The van der Waals surface area contributed by atoms with Crippen molar-refractivity contribution < 1.29 is 14.9 Å². The first-order valence-corrected chi connectivity index (χ1v) is 4.33. The summed E-state index contributed by atoms with van der Waals surface area (Å²) in [7, 11) is 0. The molecule has 0 saturated carbocycles. The first-order chi connectivity index (χ1) is 5.54. The van der Waals surface area contributed by atoms with Crippen LogP contribution in [0.5, 0.6) is 0 Å². The summed E-state index contributed by atoms with van der Waals surface area (Å²) in [6.07, 6.45) is 0.255. The van der Waals surface area contributed by atoms with E-state index in [0.29, 0.717) is 19.8 Å². The van der Waals surface area contributed by atoms with Gasteiger partial charge in [0.25, 0.3) is 0 Å². The van der Waals surface area contributed by atoms with Gasteiger partial charge in [0.05, 0.1) is 13.2 Å². The Morgan fingerprint density at radius 1 is 1.33 bits per heavy atom. The van der Waals surface area contributed by atoms with Crippen LogP contribution in [0.4, 0.5) is 0 Å². The summed E-state index contributed by atoms with van der Waals surface area (Å²) in [5, 5.41) is 19.2. The average Bonchev–Trinajstić information content (AvgIpc) is 2.09. The van der Waals surface area contributed by atoms with Crippen LogP contribution in [0.1, 0.15) is 20.3 Å². The first kappa shape index (κ1) is 9.92. The summed E-state index contributed by atoms with van der Waals surface area (Å²) in [5.74, 6) is -1.69. The molecule has 0 radical (unpaired) electrons. The van der Waals surface area contributed by atoms with Gasteiger partial charge in [-0.1, -0.05) is 0 Å². The van der Waals surface area contributed by atoms with Gasteiger partial charge in [-0.05, 0) is 13.8 Å². The van der Waals surface area contributed by atoms with E-state index in [2.05, 4.69) is 0 Å². The van der Waals surface area contributed by atoms with Gasteiger partial charge in [-0.25, -0.2) is 4.90 Å². The van der Waals surface area contributed by atoms with Crippen LogP contribution in [0.15, 0.2) is 0 Å². The van der Waals surface area contributed by atoms with Gasteiger partial charge in [0.2, 0.25) is 5.91 Å². The van der Waals surface area contributed by atoms with Crippen molar-refractivity contribution in [3.8, 4) is 0 Å². The number of aliphatic hydroxyl groups is 2. The number of hydrogen-bond donors (Lipinski definition) is 2. The molecule has 0 spiro atoms. The van der Waals surface area contributed by atoms with Crippen LogP contribution < -0.4 is 0 Å². The molecule has 4 nitrogen and oxygen atoms in total. The summed E-state index contributed by atoms with van der Waals surface area (Å²) >= 11 is 0. The molecule has 0 amide bonds. The second-order valence-corrected chi connectivity index (χ2v) is 3.42. The lowest BCUT2D eigenvalue weighted by Gasteiger charge is -2.35. The third-order valence-electron chi connectivity index (χ3n) is 2.14. The highest BCUT2D eigenvalue weighted by molar-refractivity contribution is 4.74. The monoisotopic (exact) mass is 175 g/mol. The Bertz CT molecular complexity index is 147. The van der Waals surface area contributed by atoms with Gasteiger partial charge in [-0.15, -0.1) is 0 Å². The zero-order chi connectivity index (χ0) is 9.19. The van der Waals surface area contributed by atoms with Crippen LogP contribution in [-0.2, 0) is 4.74 Å². The van der Waals surface area contributed by atoms with Gasteiger partial charge in [0.15, 0.2) is 0 Å². The van der Waals surface area contributed by atoms with Crippen molar-refractivity contribution in [2.75, 3.05) is 19.8 Å². The van der Waals surface area contributed by atoms with E-state index in [0.717, 1.165) is 0 Å². The van der Waals surface area contributed by atoms with E-state index in [1.165, 1.54) is 0 Å². The second kappa shape index (κ2) is 3.70. The summed E-state index contributed by atoms with van der Waals surface area (Å²) in [6, 6.07) is 0.127. The molecule has 2 N–H and O–H groups in total. The van der Waals surface area contributed by atoms with Crippen LogP contribution in [0.25, 0.3) is 0 Å². The summed E-state index contributed by atoms with van der Waals surface area (Å²) < 4.78 is 5.15. The molecule has 0 aromatic carbocycles. The fourth-order valence-corrected chi connectivity index (χ4v) is 1.47. The molecular formula is C8H17NO3. The van der Waals surface area contributed by atoms with Gasteiger partial charge >= 0.3 is 0 Å². The van der Waals surface area contributed by atoms with E-state index in [4.69, 9.17) is 4.74 Å². The molecule has 0 aromatic heterocycles. The van der Waals surface area contributed by atoms with Gasteiger partial charge in [0, 0.05) is 19.0 Å². The third kappa shape index (κ3) is 2.17. The van der Waals surface area contributed by atoms with Crippen LogP contribution in [0.2, 0.25) is 0 Å². The zero-order valence-corrected chi connectivity index (χ0v) is 7.66. The quantitative estimate of drug-likeness (QED) is 0.540. The fraction of sp³-hybridized carbons (Fsp3) is 1.00. The van der Waals surface area contributed by atoms with Crippen molar-refractivity contribution in [3.63, 3.8) is 0 Å². The number of nitrogens with zero attached hydrogens (tertiary/aromatic N) is 1. The highest BCUT2D eigenvalue weighted by Gasteiger charge is 2.34. The Labute approximate surface area is 72.7 Å². The molecular weight excluding hydrogens is 158 g/mol. The van der Waals surface area contributed by atoms with E-state index in [-0.39, 0.29) is 12.5 Å². The zero-order valence-electron chi connectivity index (χ0n) is 7.66. The predicted octanol–water partition coefficient (Wildman–Crippen LogP) is -0.245. The van der Waals surface area contributed by atoms with Crippen molar-refractivity contribution in [1.29, 1.82) is 0 Å². The molecule has 1 heterocycles. The molecule has 1 fully saturated rings. The lowest BCUT2D eigenvalue weighted by atomic mass is 10.2. The third-order valence-corrected chi connectivity index (χ3v) is 2.14. The van der Waals surface area contributed by atoms with Crippen LogP contribution >= 0.6 is 0 Å². The minimum Gasteiger partial charge on any atom is -0.380 e. The predicted molar refractivity (Wildman–Crippen MR) is 44.4 cm³/mol. The molecule has 0 aliphatic carbocycles. The molecule has 12 heavy (non-hydrogen) atoms. The Morgan fingerprint density at radius 2 is 2.00 bits per heavy atom. The molecule has 0 bridgehead atoms. The largest absolute Gasteiger partial charge is 0.380 e.